The number of rotatable bonds is 7. The summed E-state index contributed by atoms with van der Waals surface area (Å²) in [5.74, 6) is -4.71. The van der Waals surface area contributed by atoms with Crippen LogP contribution in [0.3, 0.4) is 0 Å². The van der Waals surface area contributed by atoms with Crippen molar-refractivity contribution >= 4 is 11.7 Å². The summed E-state index contributed by atoms with van der Waals surface area (Å²) in [4.78, 5) is 23.9. The van der Waals surface area contributed by atoms with Gasteiger partial charge in [-0.1, -0.05) is 37.3 Å². The fourth-order valence-corrected chi connectivity index (χ4v) is 1.80. The van der Waals surface area contributed by atoms with Gasteiger partial charge in [0.15, 0.2) is 0 Å². The quantitative estimate of drug-likeness (QED) is 0.771. The van der Waals surface area contributed by atoms with E-state index in [1.54, 1.807) is 13.0 Å². The van der Waals surface area contributed by atoms with Crippen LogP contribution in [-0.2, 0) is 15.5 Å². The molecule has 20 heavy (non-hydrogen) atoms. The molecule has 0 spiro atoms. The van der Waals surface area contributed by atoms with E-state index in [4.69, 9.17) is 0 Å². The van der Waals surface area contributed by atoms with Gasteiger partial charge < -0.3 is 4.90 Å². The highest BCUT2D eigenvalue weighted by molar-refractivity contribution is 5.84. The minimum absolute atomic E-state index is 0.0701. The maximum atomic E-state index is 14.0. The summed E-state index contributed by atoms with van der Waals surface area (Å²) in [6, 6.07) is 7.01. The van der Waals surface area contributed by atoms with Gasteiger partial charge >= 0.3 is 5.92 Å². The largest absolute Gasteiger partial charge is 0.349 e. The van der Waals surface area contributed by atoms with Gasteiger partial charge in [0, 0.05) is 32.0 Å². The first-order chi connectivity index (χ1) is 9.39. The third kappa shape index (κ3) is 4.11. The van der Waals surface area contributed by atoms with Crippen molar-refractivity contribution in [2.24, 2.45) is 0 Å². The first-order valence-corrected chi connectivity index (χ1v) is 6.60. The molecular formula is C15H19F2NO2. The molecule has 3 nitrogen and oxygen atoms in total. The van der Waals surface area contributed by atoms with Crippen molar-refractivity contribution in [3.05, 3.63) is 35.9 Å². The Morgan fingerprint density at radius 3 is 2.35 bits per heavy atom. The molecule has 0 aliphatic heterocycles. The van der Waals surface area contributed by atoms with Crippen LogP contribution in [-0.4, -0.2) is 30.2 Å². The van der Waals surface area contributed by atoms with Gasteiger partial charge in [-0.15, -0.1) is 0 Å². The van der Waals surface area contributed by atoms with E-state index in [0.29, 0.717) is 19.3 Å². The van der Waals surface area contributed by atoms with E-state index >= 15 is 0 Å². The lowest BCUT2D eigenvalue weighted by molar-refractivity contribution is -0.157. The molecule has 110 valence electrons. The fourth-order valence-electron chi connectivity index (χ4n) is 1.80. The molecule has 1 amide bonds. The number of alkyl halides is 2. The van der Waals surface area contributed by atoms with Gasteiger partial charge in [-0.05, 0) is 6.42 Å². The zero-order valence-electron chi connectivity index (χ0n) is 11.7. The van der Waals surface area contributed by atoms with Crippen LogP contribution in [0.25, 0.3) is 0 Å². The molecule has 0 aromatic heterocycles. The Bertz CT molecular complexity index is 460. The van der Waals surface area contributed by atoms with Gasteiger partial charge in [0.2, 0.25) is 0 Å². The number of carbonyl (C=O) groups is 2. The Labute approximate surface area is 117 Å². The van der Waals surface area contributed by atoms with Crippen molar-refractivity contribution in [1.82, 2.24) is 4.90 Å². The van der Waals surface area contributed by atoms with Gasteiger partial charge in [-0.3, -0.25) is 9.59 Å². The molecule has 0 atom stereocenters. The zero-order chi connectivity index (χ0) is 15.2. The number of carbonyl (C=O) groups excluding carboxylic acids is 2. The predicted molar refractivity (Wildman–Crippen MR) is 72.5 cm³/mol. The van der Waals surface area contributed by atoms with E-state index in [-0.39, 0.29) is 17.9 Å². The van der Waals surface area contributed by atoms with Gasteiger partial charge in [0.1, 0.15) is 5.78 Å². The lowest BCUT2D eigenvalue weighted by Gasteiger charge is -2.23. The molecule has 0 aliphatic carbocycles. The summed E-state index contributed by atoms with van der Waals surface area (Å²) < 4.78 is 28.0. The van der Waals surface area contributed by atoms with Crippen molar-refractivity contribution in [3.63, 3.8) is 0 Å². The monoisotopic (exact) mass is 283 g/mol. The molecule has 0 heterocycles. The highest BCUT2D eigenvalue weighted by Crippen LogP contribution is 2.29. The standard InChI is InChI=1S/C15H19F2NO2/c1-3-13(19)10-7-11-18(2)14(20)15(16,17)12-8-5-4-6-9-12/h4-6,8-9H,3,7,10-11H2,1-2H3. The van der Waals surface area contributed by atoms with Gasteiger partial charge in [0.25, 0.3) is 5.91 Å². The third-order valence-corrected chi connectivity index (χ3v) is 3.10. The number of amides is 1. The molecule has 0 unspecified atom stereocenters. The minimum atomic E-state index is -3.54. The molecule has 1 aromatic rings. The fraction of sp³-hybridized carbons (Fsp3) is 0.467. The number of ketones is 1. The van der Waals surface area contributed by atoms with Crippen molar-refractivity contribution in [2.45, 2.75) is 32.1 Å². The smallest absolute Gasteiger partial charge is 0.340 e. The summed E-state index contributed by atoms with van der Waals surface area (Å²) in [5, 5.41) is 0. The maximum Gasteiger partial charge on any atom is 0.349 e. The second-order valence-electron chi connectivity index (χ2n) is 4.66. The second-order valence-corrected chi connectivity index (χ2v) is 4.66. The second kappa shape index (κ2) is 7.12. The van der Waals surface area contributed by atoms with Crippen molar-refractivity contribution in [1.29, 1.82) is 0 Å². The topological polar surface area (TPSA) is 37.4 Å². The molecule has 0 N–H and O–H groups in total. The number of Topliss-reactive ketones (excluding diaryl/α,β-unsaturated/α-hetero) is 1. The van der Waals surface area contributed by atoms with Crippen LogP contribution in [0.5, 0.6) is 0 Å². The van der Waals surface area contributed by atoms with Crippen molar-refractivity contribution < 1.29 is 18.4 Å². The van der Waals surface area contributed by atoms with Gasteiger partial charge in [-0.2, -0.15) is 8.78 Å². The Morgan fingerprint density at radius 1 is 1.20 bits per heavy atom. The summed E-state index contributed by atoms with van der Waals surface area (Å²) in [7, 11) is 1.33. The average molecular weight is 283 g/mol. The van der Waals surface area contributed by atoms with Crippen molar-refractivity contribution in [3.8, 4) is 0 Å². The van der Waals surface area contributed by atoms with E-state index < -0.39 is 11.8 Å². The lowest BCUT2D eigenvalue weighted by Crippen LogP contribution is -2.40. The average Bonchev–Trinajstić information content (AvgIpc) is 2.46. The molecule has 0 aliphatic rings. The summed E-state index contributed by atoms with van der Waals surface area (Å²) in [5.41, 5.74) is -0.318. The Balaban J connectivity index is 2.62. The highest BCUT2D eigenvalue weighted by Gasteiger charge is 2.42. The van der Waals surface area contributed by atoms with E-state index in [9.17, 15) is 18.4 Å². The Hall–Kier alpha value is -1.78. The summed E-state index contributed by atoms with van der Waals surface area (Å²) in [6.45, 7) is 1.90. The molecule has 0 saturated heterocycles. The molecule has 0 fully saturated rings. The normalized spacial score (nSPS) is 11.2. The molecule has 0 bridgehead atoms. The van der Waals surface area contributed by atoms with E-state index in [0.717, 1.165) is 4.90 Å². The zero-order valence-corrected chi connectivity index (χ0v) is 11.7. The van der Waals surface area contributed by atoms with Crippen LogP contribution in [0.1, 0.15) is 31.7 Å². The molecular weight excluding hydrogens is 264 g/mol. The van der Waals surface area contributed by atoms with Gasteiger partial charge in [-0.25, -0.2) is 0 Å². The predicted octanol–water partition coefficient (Wildman–Crippen LogP) is 3.00. The number of hydrogen-bond donors (Lipinski definition) is 0. The van der Waals surface area contributed by atoms with Crippen molar-refractivity contribution in [2.75, 3.05) is 13.6 Å². The van der Waals surface area contributed by atoms with Crippen LogP contribution in [0.2, 0.25) is 0 Å². The number of halogens is 2. The number of hydrogen-bond acceptors (Lipinski definition) is 2. The number of benzene rings is 1. The molecule has 5 heteroatoms. The van der Waals surface area contributed by atoms with E-state index in [2.05, 4.69) is 0 Å². The molecule has 1 rings (SSSR count). The SMILES string of the molecule is CCC(=O)CCCN(C)C(=O)C(F)(F)c1ccccc1. The van der Waals surface area contributed by atoms with Gasteiger partial charge in [0.05, 0.1) is 0 Å². The summed E-state index contributed by atoms with van der Waals surface area (Å²) >= 11 is 0. The first-order valence-electron chi connectivity index (χ1n) is 6.60. The lowest BCUT2D eigenvalue weighted by atomic mass is 10.1. The van der Waals surface area contributed by atoms with E-state index in [1.807, 2.05) is 0 Å². The molecule has 0 radical (unpaired) electrons. The third-order valence-electron chi connectivity index (χ3n) is 3.10. The highest BCUT2D eigenvalue weighted by atomic mass is 19.3. The molecule has 0 saturated carbocycles. The van der Waals surface area contributed by atoms with Crippen LogP contribution in [0.15, 0.2) is 30.3 Å². The number of likely N-dealkylation sites (N-methyl/N-ethyl adjacent to an activating group) is 1. The Kier molecular flexibility index (Phi) is 5.80. The van der Waals surface area contributed by atoms with Crippen LogP contribution < -0.4 is 0 Å². The molecule has 1 aromatic carbocycles. The minimum Gasteiger partial charge on any atom is -0.340 e. The van der Waals surface area contributed by atoms with Crippen LogP contribution >= 0.6 is 0 Å². The Morgan fingerprint density at radius 2 is 1.80 bits per heavy atom. The first kappa shape index (κ1) is 16.3. The van der Waals surface area contributed by atoms with E-state index in [1.165, 1.54) is 31.3 Å². The summed E-state index contributed by atoms with van der Waals surface area (Å²) in [6.07, 6.45) is 1.14. The van der Waals surface area contributed by atoms with Crippen LogP contribution in [0.4, 0.5) is 8.78 Å². The number of nitrogens with zero attached hydrogens (tertiary/aromatic N) is 1. The van der Waals surface area contributed by atoms with Crippen LogP contribution in [0, 0.1) is 0 Å². The maximum absolute atomic E-state index is 14.0.